The van der Waals surface area contributed by atoms with E-state index in [2.05, 4.69) is 10.6 Å². The summed E-state index contributed by atoms with van der Waals surface area (Å²) in [6, 6.07) is -0.660. The SMILES string of the molecule is CCC1(CC)NC(=O)N(CC(=O)OCC(=O)NCC(=O)N(C)C)C1=O. The first-order valence-electron chi connectivity index (χ1n) is 7.93. The molecule has 2 N–H and O–H groups in total. The van der Waals surface area contributed by atoms with Crippen molar-refractivity contribution in [3.63, 3.8) is 0 Å². The molecule has 140 valence electrons. The van der Waals surface area contributed by atoms with Crippen LogP contribution in [0.1, 0.15) is 26.7 Å². The second-order valence-electron chi connectivity index (χ2n) is 5.84. The number of imide groups is 1. The lowest BCUT2D eigenvalue weighted by molar-refractivity contribution is -0.151. The molecule has 0 aromatic carbocycles. The molecule has 5 amide bonds. The van der Waals surface area contributed by atoms with Crippen molar-refractivity contribution < 1.29 is 28.7 Å². The van der Waals surface area contributed by atoms with Crippen LogP contribution in [0, 0.1) is 0 Å². The molecule has 25 heavy (non-hydrogen) atoms. The topological polar surface area (TPSA) is 125 Å². The fourth-order valence-corrected chi connectivity index (χ4v) is 2.25. The predicted molar refractivity (Wildman–Crippen MR) is 86.2 cm³/mol. The van der Waals surface area contributed by atoms with Gasteiger partial charge in [0.15, 0.2) is 6.61 Å². The molecule has 1 rings (SSSR count). The second kappa shape index (κ2) is 8.45. The number of esters is 1. The van der Waals surface area contributed by atoms with E-state index in [4.69, 9.17) is 4.74 Å². The van der Waals surface area contributed by atoms with Gasteiger partial charge in [0.1, 0.15) is 12.1 Å². The van der Waals surface area contributed by atoms with Crippen molar-refractivity contribution in [1.82, 2.24) is 20.4 Å². The maximum Gasteiger partial charge on any atom is 0.326 e. The Hall–Kier alpha value is -2.65. The molecule has 0 aromatic heterocycles. The zero-order valence-electron chi connectivity index (χ0n) is 14.9. The molecule has 0 radical (unpaired) electrons. The van der Waals surface area contributed by atoms with Crippen LogP contribution < -0.4 is 10.6 Å². The predicted octanol–water partition coefficient (Wildman–Crippen LogP) is -1.16. The van der Waals surface area contributed by atoms with E-state index in [1.54, 1.807) is 27.9 Å². The fourth-order valence-electron chi connectivity index (χ4n) is 2.25. The molecule has 10 heteroatoms. The summed E-state index contributed by atoms with van der Waals surface area (Å²) in [5.74, 6) is -2.34. The third-order valence-electron chi connectivity index (χ3n) is 4.04. The smallest absolute Gasteiger partial charge is 0.326 e. The van der Waals surface area contributed by atoms with Gasteiger partial charge in [0.25, 0.3) is 11.8 Å². The second-order valence-corrected chi connectivity index (χ2v) is 5.84. The Morgan fingerprint density at radius 2 is 1.80 bits per heavy atom. The van der Waals surface area contributed by atoms with Gasteiger partial charge in [-0.25, -0.2) is 4.79 Å². The number of urea groups is 1. The molecule has 0 aliphatic carbocycles. The first-order chi connectivity index (χ1) is 11.7. The minimum atomic E-state index is -0.999. The van der Waals surface area contributed by atoms with Crippen LogP contribution >= 0.6 is 0 Å². The van der Waals surface area contributed by atoms with Gasteiger partial charge >= 0.3 is 12.0 Å². The van der Waals surface area contributed by atoms with E-state index in [-0.39, 0.29) is 12.5 Å². The Kier molecular flexibility index (Phi) is 6.89. The molecule has 10 nitrogen and oxygen atoms in total. The Bertz CT molecular complexity index is 570. The number of nitrogens with zero attached hydrogens (tertiary/aromatic N) is 2. The van der Waals surface area contributed by atoms with Gasteiger partial charge in [-0.15, -0.1) is 0 Å². The number of carbonyl (C=O) groups is 5. The van der Waals surface area contributed by atoms with Crippen molar-refractivity contribution in [3.8, 4) is 0 Å². The normalized spacial score (nSPS) is 15.6. The van der Waals surface area contributed by atoms with E-state index >= 15 is 0 Å². The number of nitrogens with one attached hydrogen (secondary N) is 2. The Morgan fingerprint density at radius 3 is 2.28 bits per heavy atom. The monoisotopic (exact) mass is 356 g/mol. The van der Waals surface area contributed by atoms with E-state index in [0.717, 1.165) is 4.90 Å². The van der Waals surface area contributed by atoms with E-state index in [0.29, 0.717) is 12.8 Å². The minimum absolute atomic E-state index is 0.216. The summed E-state index contributed by atoms with van der Waals surface area (Å²) < 4.78 is 4.74. The summed E-state index contributed by atoms with van der Waals surface area (Å²) in [5.41, 5.74) is -0.999. The van der Waals surface area contributed by atoms with Crippen molar-refractivity contribution in [2.24, 2.45) is 0 Å². The summed E-state index contributed by atoms with van der Waals surface area (Å²) in [5, 5.41) is 4.88. The van der Waals surface area contributed by atoms with Crippen molar-refractivity contribution in [2.45, 2.75) is 32.2 Å². The highest BCUT2D eigenvalue weighted by Gasteiger charge is 2.49. The van der Waals surface area contributed by atoms with Gasteiger partial charge in [-0.1, -0.05) is 13.8 Å². The molecule has 1 heterocycles. The molecule has 0 bridgehead atoms. The van der Waals surface area contributed by atoms with E-state index in [1.807, 2.05) is 0 Å². The lowest BCUT2D eigenvalue weighted by Crippen LogP contribution is -2.46. The average molecular weight is 356 g/mol. The third kappa shape index (κ3) is 4.91. The van der Waals surface area contributed by atoms with Gasteiger partial charge in [-0.3, -0.25) is 24.1 Å². The average Bonchev–Trinajstić information content (AvgIpc) is 2.82. The van der Waals surface area contributed by atoms with Gasteiger partial charge in [0, 0.05) is 14.1 Å². The summed E-state index contributed by atoms with van der Waals surface area (Å²) in [6.07, 6.45) is 0.809. The fraction of sp³-hybridized carbons (Fsp3) is 0.667. The highest BCUT2D eigenvalue weighted by Crippen LogP contribution is 2.24. The van der Waals surface area contributed by atoms with Crippen LogP contribution in [0.2, 0.25) is 0 Å². The van der Waals surface area contributed by atoms with Crippen LogP contribution in [0.15, 0.2) is 0 Å². The molecule has 1 saturated heterocycles. The van der Waals surface area contributed by atoms with Crippen LogP contribution in [0.3, 0.4) is 0 Å². The Balaban J connectivity index is 2.47. The summed E-state index contributed by atoms with van der Waals surface area (Å²) in [7, 11) is 3.08. The summed E-state index contributed by atoms with van der Waals surface area (Å²) in [6.45, 7) is 2.14. The van der Waals surface area contributed by atoms with Crippen molar-refractivity contribution in [1.29, 1.82) is 0 Å². The standard InChI is InChI=1S/C15H24N4O6/c1-5-15(6-2)13(23)19(14(24)17-15)8-12(22)25-9-10(20)16-7-11(21)18(3)4/h5-9H2,1-4H3,(H,16,20)(H,17,24). The maximum absolute atomic E-state index is 12.3. The largest absolute Gasteiger partial charge is 0.454 e. The molecule has 0 unspecified atom stereocenters. The van der Waals surface area contributed by atoms with Gasteiger partial charge in [-0.05, 0) is 12.8 Å². The lowest BCUT2D eigenvalue weighted by Gasteiger charge is -2.22. The van der Waals surface area contributed by atoms with Crippen molar-refractivity contribution in [3.05, 3.63) is 0 Å². The number of hydrogen-bond donors (Lipinski definition) is 2. The van der Waals surface area contributed by atoms with Gasteiger partial charge < -0.3 is 20.3 Å². The molecular formula is C15H24N4O6. The van der Waals surface area contributed by atoms with Crippen LogP contribution in [0.4, 0.5) is 4.79 Å². The third-order valence-corrected chi connectivity index (χ3v) is 4.04. The maximum atomic E-state index is 12.3. The number of ether oxygens (including phenoxy) is 1. The molecule has 1 aliphatic rings. The van der Waals surface area contributed by atoms with Crippen LogP contribution in [0.25, 0.3) is 0 Å². The molecule has 0 spiro atoms. The lowest BCUT2D eigenvalue weighted by atomic mass is 9.93. The summed E-state index contributed by atoms with van der Waals surface area (Å²) >= 11 is 0. The van der Waals surface area contributed by atoms with Crippen LogP contribution in [-0.2, 0) is 23.9 Å². The Labute approximate surface area is 145 Å². The number of carbonyl (C=O) groups excluding carboxylic acids is 5. The molecule has 0 atom stereocenters. The molecule has 1 fully saturated rings. The molecular weight excluding hydrogens is 332 g/mol. The highest BCUT2D eigenvalue weighted by atomic mass is 16.5. The molecule has 0 saturated carbocycles. The Morgan fingerprint density at radius 1 is 1.20 bits per heavy atom. The minimum Gasteiger partial charge on any atom is -0.454 e. The van der Waals surface area contributed by atoms with Crippen molar-refractivity contribution >= 4 is 29.7 Å². The van der Waals surface area contributed by atoms with E-state index < -0.39 is 42.5 Å². The zero-order valence-corrected chi connectivity index (χ0v) is 14.9. The quantitative estimate of drug-likeness (QED) is 0.418. The first-order valence-corrected chi connectivity index (χ1v) is 7.93. The molecule has 1 aliphatic heterocycles. The van der Waals surface area contributed by atoms with Gasteiger partial charge in [-0.2, -0.15) is 0 Å². The summed E-state index contributed by atoms with van der Waals surface area (Å²) in [4.78, 5) is 60.9. The number of hydrogen-bond acceptors (Lipinski definition) is 6. The van der Waals surface area contributed by atoms with Gasteiger partial charge in [0.2, 0.25) is 5.91 Å². The highest BCUT2D eigenvalue weighted by molar-refractivity contribution is 6.08. The molecule has 0 aromatic rings. The number of likely N-dealkylation sites (N-methyl/N-ethyl adjacent to an activating group) is 1. The van der Waals surface area contributed by atoms with Crippen LogP contribution in [-0.4, -0.2) is 78.9 Å². The zero-order chi connectivity index (χ0) is 19.2. The number of amides is 5. The van der Waals surface area contributed by atoms with E-state index in [9.17, 15) is 24.0 Å². The first kappa shape index (κ1) is 20.4. The van der Waals surface area contributed by atoms with Gasteiger partial charge in [0.05, 0.1) is 6.54 Å². The number of rotatable bonds is 8. The van der Waals surface area contributed by atoms with Crippen molar-refractivity contribution in [2.75, 3.05) is 33.8 Å². The van der Waals surface area contributed by atoms with E-state index in [1.165, 1.54) is 4.90 Å². The van der Waals surface area contributed by atoms with Crippen LogP contribution in [0.5, 0.6) is 0 Å².